The summed E-state index contributed by atoms with van der Waals surface area (Å²) < 4.78 is 0. The van der Waals surface area contributed by atoms with E-state index in [1.54, 1.807) is 13.8 Å². The second kappa shape index (κ2) is 5.60. The lowest BCUT2D eigenvalue weighted by Gasteiger charge is -2.17. The van der Waals surface area contributed by atoms with Crippen LogP contribution in [-0.4, -0.2) is 21.5 Å². The van der Waals surface area contributed by atoms with Gasteiger partial charge in [0.2, 0.25) is 0 Å². The van der Waals surface area contributed by atoms with Crippen molar-refractivity contribution in [3.8, 4) is 0 Å². The van der Waals surface area contributed by atoms with Gasteiger partial charge in [-0.05, 0) is 26.0 Å². The second-order valence-electron chi connectivity index (χ2n) is 3.44. The SMILES string of the molecule is CCCCCSC(=N)C(C)(C)O. The van der Waals surface area contributed by atoms with Crippen LogP contribution in [0.5, 0.6) is 0 Å². The number of nitrogens with one attached hydrogen (secondary N) is 1. The molecule has 0 unspecified atom stereocenters. The Labute approximate surface area is 79.3 Å². The Kier molecular flexibility index (Phi) is 5.59. The van der Waals surface area contributed by atoms with Crippen LogP contribution in [0.15, 0.2) is 0 Å². The Bertz CT molecular complexity index is 140. The number of hydrogen-bond acceptors (Lipinski definition) is 3. The van der Waals surface area contributed by atoms with Crippen LogP contribution < -0.4 is 0 Å². The lowest BCUT2D eigenvalue weighted by molar-refractivity contribution is 0.156. The quantitative estimate of drug-likeness (QED) is 0.397. The van der Waals surface area contributed by atoms with Crippen molar-refractivity contribution in [3.63, 3.8) is 0 Å². The highest BCUT2D eigenvalue weighted by Crippen LogP contribution is 2.16. The fourth-order valence-corrected chi connectivity index (χ4v) is 1.61. The van der Waals surface area contributed by atoms with Crippen LogP contribution >= 0.6 is 11.8 Å². The molecule has 12 heavy (non-hydrogen) atoms. The summed E-state index contributed by atoms with van der Waals surface area (Å²) in [5.41, 5.74) is -0.948. The molecule has 0 aromatic rings. The van der Waals surface area contributed by atoms with Crippen molar-refractivity contribution in [1.29, 1.82) is 5.41 Å². The molecule has 0 saturated heterocycles. The smallest absolute Gasteiger partial charge is 0.106 e. The Morgan fingerprint density at radius 1 is 1.42 bits per heavy atom. The van der Waals surface area contributed by atoms with Crippen LogP contribution in [-0.2, 0) is 0 Å². The fraction of sp³-hybridized carbons (Fsp3) is 0.889. The number of unbranched alkanes of at least 4 members (excludes halogenated alkanes) is 2. The van der Waals surface area contributed by atoms with Gasteiger partial charge >= 0.3 is 0 Å². The summed E-state index contributed by atoms with van der Waals surface area (Å²) in [6.07, 6.45) is 3.56. The second-order valence-corrected chi connectivity index (χ2v) is 4.55. The Balaban J connectivity index is 3.45. The van der Waals surface area contributed by atoms with Crippen molar-refractivity contribution in [2.45, 2.75) is 45.6 Å². The van der Waals surface area contributed by atoms with Crippen molar-refractivity contribution in [2.24, 2.45) is 0 Å². The van der Waals surface area contributed by atoms with E-state index in [4.69, 9.17) is 5.41 Å². The summed E-state index contributed by atoms with van der Waals surface area (Å²) in [5, 5.41) is 17.3. The predicted octanol–water partition coefficient (Wildman–Crippen LogP) is 2.66. The van der Waals surface area contributed by atoms with Gasteiger partial charge in [-0.15, -0.1) is 11.8 Å². The highest BCUT2D eigenvalue weighted by molar-refractivity contribution is 8.14. The maximum atomic E-state index is 9.40. The molecule has 0 aliphatic carbocycles. The molecular formula is C9H19NOS. The molecule has 0 fully saturated rings. The van der Waals surface area contributed by atoms with E-state index >= 15 is 0 Å². The molecule has 0 amide bonds. The summed E-state index contributed by atoms with van der Waals surface area (Å²) in [6, 6.07) is 0. The van der Waals surface area contributed by atoms with Crippen molar-refractivity contribution in [3.05, 3.63) is 0 Å². The molecule has 0 heterocycles. The largest absolute Gasteiger partial charge is 0.384 e. The molecular weight excluding hydrogens is 170 g/mol. The standard InChI is InChI=1S/C9H19NOS/c1-4-5-6-7-12-8(10)9(2,3)11/h10-11H,4-7H2,1-3H3. The normalized spacial score (nSPS) is 11.7. The van der Waals surface area contributed by atoms with Crippen molar-refractivity contribution in [2.75, 3.05) is 5.75 Å². The van der Waals surface area contributed by atoms with Gasteiger partial charge in [0.1, 0.15) is 5.60 Å². The topological polar surface area (TPSA) is 44.1 Å². The van der Waals surface area contributed by atoms with Crippen LogP contribution in [0.3, 0.4) is 0 Å². The molecule has 0 aliphatic heterocycles. The molecule has 0 aliphatic rings. The van der Waals surface area contributed by atoms with Crippen LogP contribution in [0.25, 0.3) is 0 Å². The van der Waals surface area contributed by atoms with Gasteiger partial charge < -0.3 is 5.11 Å². The first-order valence-electron chi connectivity index (χ1n) is 4.42. The number of thioether (sulfide) groups is 1. The van der Waals surface area contributed by atoms with Gasteiger partial charge in [0.15, 0.2) is 0 Å². The van der Waals surface area contributed by atoms with Crippen LogP contribution in [0.2, 0.25) is 0 Å². The van der Waals surface area contributed by atoms with E-state index in [0.29, 0.717) is 5.04 Å². The minimum absolute atomic E-state index is 0.374. The zero-order chi connectivity index (χ0) is 9.61. The molecule has 0 atom stereocenters. The van der Waals surface area contributed by atoms with E-state index < -0.39 is 5.60 Å². The van der Waals surface area contributed by atoms with Gasteiger partial charge in [-0.25, -0.2) is 0 Å². The average molecular weight is 189 g/mol. The molecule has 0 bridgehead atoms. The number of aliphatic hydroxyl groups is 1. The molecule has 0 spiro atoms. The Morgan fingerprint density at radius 3 is 2.42 bits per heavy atom. The minimum Gasteiger partial charge on any atom is -0.384 e. The number of rotatable bonds is 5. The van der Waals surface area contributed by atoms with Crippen LogP contribution in [0.1, 0.15) is 40.0 Å². The van der Waals surface area contributed by atoms with E-state index in [9.17, 15) is 5.11 Å². The van der Waals surface area contributed by atoms with Gasteiger partial charge in [0.25, 0.3) is 0 Å². The maximum Gasteiger partial charge on any atom is 0.106 e. The van der Waals surface area contributed by atoms with E-state index in [1.807, 2.05) is 0 Å². The summed E-state index contributed by atoms with van der Waals surface area (Å²) in [4.78, 5) is 0. The Morgan fingerprint density at radius 2 is 2.00 bits per heavy atom. The lowest BCUT2D eigenvalue weighted by Crippen LogP contribution is -2.28. The van der Waals surface area contributed by atoms with Gasteiger partial charge in [-0.2, -0.15) is 0 Å². The fourth-order valence-electron chi connectivity index (χ4n) is 0.703. The van der Waals surface area contributed by atoms with Crippen molar-refractivity contribution in [1.82, 2.24) is 0 Å². The zero-order valence-electron chi connectivity index (χ0n) is 8.18. The monoisotopic (exact) mass is 189 g/mol. The zero-order valence-corrected chi connectivity index (χ0v) is 9.00. The first-order valence-corrected chi connectivity index (χ1v) is 5.41. The molecule has 2 nitrogen and oxygen atoms in total. The van der Waals surface area contributed by atoms with E-state index in [0.717, 1.165) is 12.2 Å². The lowest BCUT2D eigenvalue weighted by atomic mass is 10.2. The third kappa shape index (κ3) is 5.61. The molecule has 0 aromatic heterocycles. The highest BCUT2D eigenvalue weighted by atomic mass is 32.2. The first kappa shape index (κ1) is 12.0. The van der Waals surface area contributed by atoms with Gasteiger partial charge in [-0.3, -0.25) is 5.41 Å². The average Bonchev–Trinajstić information content (AvgIpc) is 1.96. The van der Waals surface area contributed by atoms with E-state index in [1.165, 1.54) is 24.6 Å². The molecule has 0 radical (unpaired) electrons. The van der Waals surface area contributed by atoms with Gasteiger partial charge in [-0.1, -0.05) is 19.8 Å². The molecule has 72 valence electrons. The number of hydrogen-bond donors (Lipinski definition) is 2. The van der Waals surface area contributed by atoms with Gasteiger partial charge in [0, 0.05) is 0 Å². The predicted molar refractivity (Wildman–Crippen MR) is 56.0 cm³/mol. The molecule has 2 N–H and O–H groups in total. The van der Waals surface area contributed by atoms with Gasteiger partial charge in [0.05, 0.1) is 5.04 Å². The van der Waals surface area contributed by atoms with Crippen LogP contribution in [0.4, 0.5) is 0 Å². The molecule has 3 heteroatoms. The third-order valence-corrected chi connectivity index (χ3v) is 2.83. The minimum atomic E-state index is -0.948. The van der Waals surface area contributed by atoms with E-state index in [2.05, 4.69) is 6.92 Å². The maximum absolute atomic E-state index is 9.40. The molecule has 0 rings (SSSR count). The van der Waals surface area contributed by atoms with Crippen LogP contribution in [0, 0.1) is 5.41 Å². The Hall–Kier alpha value is -0.0200. The summed E-state index contributed by atoms with van der Waals surface area (Å²) in [5.74, 6) is 0.955. The van der Waals surface area contributed by atoms with Crippen molar-refractivity contribution < 1.29 is 5.11 Å². The third-order valence-electron chi connectivity index (χ3n) is 1.55. The molecule has 0 saturated carbocycles. The van der Waals surface area contributed by atoms with E-state index in [-0.39, 0.29) is 0 Å². The summed E-state index contributed by atoms with van der Waals surface area (Å²) >= 11 is 1.46. The summed E-state index contributed by atoms with van der Waals surface area (Å²) in [7, 11) is 0. The first-order chi connectivity index (χ1) is 5.48. The molecule has 0 aromatic carbocycles. The highest BCUT2D eigenvalue weighted by Gasteiger charge is 2.19. The summed E-state index contributed by atoms with van der Waals surface area (Å²) in [6.45, 7) is 5.47. The van der Waals surface area contributed by atoms with Crippen molar-refractivity contribution >= 4 is 16.8 Å².